The van der Waals surface area contributed by atoms with E-state index in [9.17, 15) is 9.18 Å². The van der Waals surface area contributed by atoms with Crippen LogP contribution in [0.2, 0.25) is 0 Å². The van der Waals surface area contributed by atoms with E-state index >= 15 is 0 Å². The number of nitrogens with zero attached hydrogens (tertiary/aromatic N) is 2. The first-order valence-corrected chi connectivity index (χ1v) is 6.60. The SMILES string of the molecule is Cc1cc(-n2c([C@H](C)N)cc3ccc(F)cc3c2=O)n[nH]1. The zero-order chi connectivity index (χ0) is 15.1. The second-order valence-corrected chi connectivity index (χ2v) is 5.14. The van der Waals surface area contributed by atoms with Crippen LogP contribution in [0.3, 0.4) is 0 Å². The molecule has 0 aliphatic heterocycles. The fraction of sp³-hybridized carbons (Fsp3) is 0.200. The normalized spacial score (nSPS) is 12.8. The molecule has 1 atom stereocenters. The molecule has 2 aromatic heterocycles. The van der Waals surface area contributed by atoms with Crippen molar-refractivity contribution in [2.75, 3.05) is 0 Å². The molecule has 0 fully saturated rings. The van der Waals surface area contributed by atoms with Gasteiger partial charge in [-0.1, -0.05) is 6.07 Å². The first-order valence-electron chi connectivity index (χ1n) is 6.60. The third-order valence-corrected chi connectivity index (χ3v) is 3.40. The number of nitrogens with two attached hydrogens (primary N) is 1. The minimum atomic E-state index is -0.446. The van der Waals surface area contributed by atoms with E-state index in [1.165, 1.54) is 16.7 Å². The molecule has 0 spiro atoms. The van der Waals surface area contributed by atoms with Crippen molar-refractivity contribution in [3.05, 3.63) is 57.9 Å². The second kappa shape index (κ2) is 4.82. The molecule has 0 saturated carbocycles. The number of aromatic nitrogens is 3. The summed E-state index contributed by atoms with van der Waals surface area (Å²) in [4.78, 5) is 12.7. The summed E-state index contributed by atoms with van der Waals surface area (Å²) in [6.45, 7) is 3.63. The van der Waals surface area contributed by atoms with Gasteiger partial charge in [0.25, 0.3) is 5.56 Å². The molecular formula is C15H15FN4O. The van der Waals surface area contributed by atoms with Crippen LogP contribution < -0.4 is 11.3 Å². The number of pyridine rings is 1. The fourth-order valence-electron chi connectivity index (χ4n) is 2.39. The van der Waals surface area contributed by atoms with Crippen molar-refractivity contribution in [3.8, 4) is 5.82 Å². The van der Waals surface area contributed by atoms with Crippen molar-refractivity contribution in [3.63, 3.8) is 0 Å². The molecule has 3 rings (SSSR count). The fourth-order valence-corrected chi connectivity index (χ4v) is 2.39. The highest BCUT2D eigenvalue weighted by Gasteiger charge is 2.16. The molecule has 21 heavy (non-hydrogen) atoms. The van der Waals surface area contributed by atoms with Crippen LogP contribution in [0.5, 0.6) is 0 Å². The minimum absolute atomic E-state index is 0.306. The monoisotopic (exact) mass is 286 g/mol. The lowest BCUT2D eigenvalue weighted by Crippen LogP contribution is -2.26. The predicted octanol–water partition coefficient (Wildman–Crippen LogP) is 2.18. The molecule has 0 bridgehead atoms. The van der Waals surface area contributed by atoms with Gasteiger partial charge < -0.3 is 5.73 Å². The van der Waals surface area contributed by atoms with Crippen molar-refractivity contribution in [1.82, 2.24) is 14.8 Å². The summed E-state index contributed by atoms with van der Waals surface area (Å²) < 4.78 is 14.8. The number of aryl methyl sites for hydroxylation is 1. The van der Waals surface area contributed by atoms with Gasteiger partial charge in [-0.05, 0) is 37.4 Å². The minimum Gasteiger partial charge on any atom is -0.323 e. The average Bonchev–Trinajstić information content (AvgIpc) is 2.85. The van der Waals surface area contributed by atoms with Crippen molar-refractivity contribution in [2.45, 2.75) is 19.9 Å². The molecule has 0 unspecified atom stereocenters. The number of halogens is 1. The smallest absolute Gasteiger partial charge is 0.264 e. The predicted molar refractivity (Wildman–Crippen MR) is 79.0 cm³/mol. The first-order chi connectivity index (χ1) is 9.97. The highest BCUT2D eigenvalue weighted by molar-refractivity contribution is 5.82. The number of benzene rings is 1. The van der Waals surface area contributed by atoms with Gasteiger partial charge in [-0.25, -0.2) is 4.39 Å². The second-order valence-electron chi connectivity index (χ2n) is 5.14. The van der Waals surface area contributed by atoms with Crippen LogP contribution in [-0.4, -0.2) is 14.8 Å². The third-order valence-electron chi connectivity index (χ3n) is 3.40. The van der Waals surface area contributed by atoms with E-state index in [2.05, 4.69) is 10.2 Å². The standard InChI is InChI=1S/C15H15FN4O/c1-8-5-14(19-18-8)20-13(9(2)17)6-10-3-4-11(16)7-12(10)15(20)21/h3-7,9H,17H2,1-2H3,(H,18,19)/t9-/m0/s1. The Morgan fingerprint density at radius 1 is 1.33 bits per heavy atom. The molecule has 3 aromatic rings. The number of aromatic amines is 1. The van der Waals surface area contributed by atoms with Crippen LogP contribution in [0.25, 0.3) is 16.6 Å². The van der Waals surface area contributed by atoms with Gasteiger partial charge in [0.2, 0.25) is 0 Å². The summed E-state index contributed by atoms with van der Waals surface area (Å²) in [7, 11) is 0. The lowest BCUT2D eigenvalue weighted by molar-refractivity contribution is 0.629. The van der Waals surface area contributed by atoms with Crippen LogP contribution in [0.4, 0.5) is 4.39 Å². The molecule has 108 valence electrons. The molecule has 3 N–H and O–H groups in total. The van der Waals surface area contributed by atoms with Gasteiger partial charge in [-0.3, -0.25) is 14.5 Å². The molecule has 0 aliphatic rings. The van der Waals surface area contributed by atoms with Crippen LogP contribution in [0.1, 0.15) is 24.4 Å². The molecular weight excluding hydrogens is 271 g/mol. The topological polar surface area (TPSA) is 76.7 Å². The van der Waals surface area contributed by atoms with E-state index in [1.807, 2.05) is 6.92 Å². The largest absolute Gasteiger partial charge is 0.323 e. The summed E-state index contributed by atoms with van der Waals surface area (Å²) in [6, 6.07) is 7.33. The molecule has 1 aromatic carbocycles. The van der Waals surface area contributed by atoms with E-state index in [0.717, 1.165) is 5.69 Å². The van der Waals surface area contributed by atoms with E-state index in [4.69, 9.17) is 5.73 Å². The number of H-pyrrole nitrogens is 1. The van der Waals surface area contributed by atoms with Gasteiger partial charge >= 0.3 is 0 Å². The Bertz CT molecular complexity index is 879. The maximum absolute atomic E-state index is 13.4. The van der Waals surface area contributed by atoms with Crippen LogP contribution >= 0.6 is 0 Å². The van der Waals surface area contributed by atoms with Crippen molar-refractivity contribution >= 4 is 10.8 Å². The number of hydrogen-bond donors (Lipinski definition) is 2. The third kappa shape index (κ3) is 2.23. The number of nitrogens with one attached hydrogen (secondary N) is 1. The van der Waals surface area contributed by atoms with E-state index in [0.29, 0.717) is 22.3 Å². The molecule has 0 aliphatic carbocycles. The van der Waals surface area contributed by atoms with Crippen molar-refractivity contribution in [1.29, 1.82) is 0 Å². The van der Waals surface area contributed by atoms with Crippen LogP contribution in [0.15, 0.2) is 35.1 Å². The number of hydrogen-bond acceptors (Lipinski definition) is 3. The summed E-state index contributed by atoms with van der Waals surface area (Å²) in [5, 5.41) is 7.87. The zero-order valence-corrected chi connectivity index (χ0v) is 11.7. The Morgan fingerprint density at radius 2 is 2.10 bits per heavy atom. The van der Waals surface area contributed by atoms with Gasteiger partial charge in [0.15, 0.2) is 5.82 Å². The summed E-state index contributed by atoms with van der Waals surface area (Å²) in [6.07, 6.45) is 0. The van der Waals surface area contributed by atoms with Gasteiger partial charge in [0, 0.05) is 23.5 Å². The van der Waals surface area contributed by atoms with E-state index < -0.39 is 5.82 Å². The van der Waals surface area contributed by atoms with E-state index in [1.54, 1.807) is 25.1 Å². The Labute approximate surface area is 120 Å². The Morgan fingerprint density at radius 3 is 2.71 bits per heavy atom. The lowest BCUT2D eigenvalue weighted by atomic mass is 10.1. The van der Waals surface area contributed by atoms with Crippen LogP contribution in [-0.2, 0) is 0 Å². The summed E-state index contributed by atoms with van der Waals surface area (Å²) in [5.41, 5.74) is 7.10. The van der Waals surface area contributed by atoms with Crippen molar-refractivity contribution in [2.24, 2.45) is 5.73 Å². The van der Waals surface area contributed by atoms with Crippen molar-refractivity contribution < 1.29 is 4.39 Å². The van der Waals surface area contributed by atoms with Crippen LogP contribution in [0, 0.1) is 12.7 Å². The molecule has 0 saturated heterocycles. The number of rotatable bonds is 2. The molecule has 0 amide bonds. The maximum Gasteiger partial charge on any atom is 0.264 e. The lowest BCUT2D eigenvalue weighted by Gasteiger charge is -2.15. The Hall–Kier alpha value is -2.47. The quantitative estimate of drug-likeness (QED) is 0.758. The Kier molecular flexibility index (Phi) is 3.10. The molecule has 5 nitrogen and oxygen atoms in total. The molecule has 0 radical (unpaired) electrons. The average molecular weight is 286 g/mol. The highest BCUT2D eigenvalue weighted by atomic mass is 19.1. The molecule has 2 heterocycles. The van der Waals surface area contributed by atoms with Gasteiger partial charge in [-0.2, -0.15) is 5.10 Å². The summed E-state index contributed by atoms with van der Waals surface area (Å²) in [5.74, 6) is 0.00821. The first kappa shape index (κ1) is 13.5. The zero-order valence-electron chi connectivity index (χ0n) is 11.7. The summed E-state index contributed by atoms with van der Waals surface area (Å²) >= 11 is 0. The highest BCUT2D eigenvalue weighted by Crippen LogP contribution is 2.20. The van der Waals surface area contributed by atoms with Gasteiger partial charge in [0.1, 0.15) is 5.82 Å². The van der Waals surface area contributed by atoms with Gasteiger partial charge in [0.05, 0.1) is 5.39 Å². The maximum atomic E-state index is 13.4. The van der Waals surface area contributed by atoms with E-state index in [-0.39, 0.29) is 11.6 Å². The Balaban J connectivity index is 2.42. The molecule has 6 heteroatoms. The van der Waals surface area contributed by atoms with Gasteiger partial charge in [-0.15, -0.1) is 0 Å². The number of fused-ring (bicyclic) bond motifs is 1.